The van der Waals surface area contributed by atoms with Crippen molar-refractivity contribution in [2.45, 2.75) is 32.2 Å². The number of nitrogens with zero attached hydrogens (tertiary/aromatic N) is 1. The SMILES string of the molecule is CCOC(=O)CCC1CC(N)CN(c2cccc(F)c2F)C1. The summed E-state index contributed by atoms with van der Waals surface area (Å²) >= 11 is 0. The minimum atomic E-state index is -0.861. The molecule has 0 aromatic heterocycles. The van der Waals surface area contributed by atoms with Crippen LogP contribution in [0.3, 0.4) is 0 Å². The average molecular weight is 312 g/mol. The number of carbonyl (C=O) groups excluding carboxylic acids is 1. The smallest absolute Gasteiger partial charge is 0.305 e. The van der Waals surface area contributed by atoms with Crippen LogP contribution in [0.4, 0.5) is 14.5 Å². The van der Waals surface area contributed by atoms with Crippen LogP contribution in [0.25, 0.3) is 0 Å². The zero-order valence-corrected chi connectivity index (χ0v) is 12.7. The van der Waals surface area contributed by atoms with Gasteiger partial charge in [-0.1, -0.05) is 6.07 Å². The molecule has 1 aliphatic heterocycles. The van der Waals surface area contributed by atoms with Crippen LogP contribution >= 0.6 is 0 Å². The zero-order chi connectivity index (χ0) is 16.1. The second-order valence-electron chi connectivity index (χ2n) is 5.68. The van der Waals surface area contributed by atoms with Crippen LogP contribution in [0.1, 0.15) is 26.2 Å². The van der Waals surface area contributed by atoms with Gasteiger partial charge in [-0.15, -0.1) is 0 Å². The minimum Gasteiger partial charge on any atom is -0.466 e. The third kappa shape index (κ3) is 4.16. The first-order chi connectivity index (χ1) is 10.5. The topological polar surface area (TPSA) is 55.6 Å². The predicted octanol–water partition coefficient (Wildman–Crippen LogP) is 2.46. The van der Waals surface area contributed by atoms with Crippen LogP contribution in [-0.4, -0.2) is 31.7 Å². The third-order valence-electron chi connectivity index (χ3n) is 3.90. The molecule has 2 atom stereocenters. The van der Waals surface area contributed by atoms with E-state index in [1.54, 1.807) is 17.9 Å². The van der Waals surface area contributed by atoms with Gasteiger partial charge in [-0.3, -0.25) is 4.79 Å². The summed E-state index contributed by atoms with van der Waals surface area (Å²) in [5, 5.41) is 0. The predicted molar refractivity (Wildman–Crippen MR) is 80.5 cm³/mol. The molecular weight excluding hydrogens is 290 g/mol. The molecule has 0 aliphatic carbocycles. The molecule has 0 bridgehead atoms. The van der Waals surface area contributed by atoms with E-state index < -0.39 is 11.6 Å². The Kier molecular flexibility index (Phi) is 5.71. The molecule has 0 spiro atoms. The van der Waals surface area contributed by atoms with E-state index in [2.05, 4.69) is 0 Å². The number of ether oxygens (including phenoxy) is 1. The molecule has 0 saturated carbocycles. The van der Waals surface area contributed by atoms with E-state index in [9.17, 15) is 13.6 Å². The van der Waals surface area contributed by atoms with E-state index in [1.807, 2.05) is 0 Å². The van der Waals surface area contributed by atoms with Crippen LogP contribution in [0.2, 0.25) is 0 Å². The summed E-state index contributed by atoms with van der Waals surface area (Å²) < 4.78 is 32.2. The normalized spacial score (nSPS) is 21.7. The quantitative estimate of drug-likeness (QED) is 0.849. The van der Waals surface area contributed by atoms with Crippen molar-refractivity contribution in [2.24, 2.45) is 11.7 Å². The van der Waals surface area contributed by atoms with Gasteiger partial charge in [0.1, 0.15) is 0 Å². The molecule has 6 heteroatoms. The first-order valence-electron chi connectivity index (χ1n) is 7.61. The van der Waals surface area contributed by atoms with Gasteiger partial charge in [0.15, 0.2) is 11.6 Å². The third-order valence-corrected chi connectivity index (χ3v) is 3.90. The summed E-state index contributed by atoms with van der Waals surface area (Å²) in [5.41, 5.74) is 6.26. The molecule has 122 valence electrons. The van der Waals surface area contributed by atoms with E-state index in [4.69, 9.17) is 10.5 Å². The number of anilines is 1. The molecule has 1 aromatic rings. The highest BCUT2D eigenvalue weighted by molar-refractivity contribution is 5.69. The molecule has 1 aliphatic rings. The van der Waals surface area contributed by atoms with Crippen molar-refractivity contribution >= 4 is 11.7 Å². The summed E-state index contributed by atoms with van der Waals surface area (Å²) in [5.74, 6) is -1.78. The van der Waals surface area contributed by atoms with Crippen molar-refractivity contribution in [1.82, 2.24) is 0 Å². The van der Waals surface area contributed by atoms with Gasteiger partial charge in [0.25, 0.3) is 0 Å². The molecule has 0 amide bonds. The Hall–Kier alpha value is -1.69. The lowest BCUT2D eigenvalue weighted by Crippen LogP contribution is -2.47. The monoisotopic (exact) mass is 312 g/mol. The number of esters is 1. The fourth-order valence-corrected chi connectivity index (χ4v) is 2.94. The highest BCUT2D eigenvalue weighted by Crippen LogP contribution is 2.28. The lowest BCUT2D eigenvalue weighted by Gasteiger charge is -2.38. The molecule has 4 nitrogen and oxygen atoms in total. The molecule has 1 saturated heterocycles. The maximum absolute atomic E-state index is 13.9. The molecule has 1 heterocycles. The van der Waals surface area contributed by atoms with Crippen molar-refractivity contribution in [1.29, 1.82) is 0 Å². The number of benzene rings is 1. The lowest BCUT2D eigenvalue weighted by atomic mass is 9.90. The highest BCUT2D eigenvalue weighted by atomic mass is 19.2. The van der Waals surface area contributed by atoms with Crippen LogP contribution in [0.15, 0.2) is 18.2 Å². The van der Waals surface area contributed by atoms with Gasteiger partial charge in [0.2, 0.25) is 0 Å². The van der Waals surface area contributed by atoms with Crippen LogP contribution in [-0.2, 0) is 9.53 Å². The van der Waals surface area contributed by atoms with E-state index in [0.29, 0.717) is 32.5 Å². The van der Waals surface area contributed by atoms with Crippen LogP contribution in [0, 0.1) is 17.6 Å². The fourth-order valence-electron chi connectivity index (χ4n) is 2.94. The Morgan fingerprint density at radius 3 is 2.91 bits per heavy atom. The second-order valence-corrected chi connectivity index (χ2v) is 5.68. The molecular formula is C16H22F2N2O2. The standard InChI is InChI=1S/C16H22F2N2O2/c1-2-22-15(21)7-6-11-8-12(19)10-20(9-11)14-5-3-4-13(17)16(14)18/h3-5,11-12H,2,6-10,19H2,1H3. The van der Waals surface area contributed by atoms with Crippen molar-refractivity contribution in [3.63, 3.8) is 0 Å². The summed E-state index contributed by atoms with van der Waals surface area (Å²) in [7, 11) is 0. The van der Waals surface area contributed by atoms with Crippen molar-refractivity contribution in [3.8, 4) is 0 Å². The summed E-state index contributed by atoms with van der Waals surface area (Å²) in [6.07, 6.45) is 1.73. The first-order valence-corrected chi connectivity index (χ1v) is 7.61. The maximum Gasteiger partial charge on any atom is 0.305 e. The number of carbonyl (C=O) groups is 1. The summed E-state index contributed by atoms with van der Waals surface area (Å²) in [6, 6.07) is 4.02. The minimum absolute atomic E-state index is 0.122. The molecule has 2 rings (SSSR count). The van der Waals surface area contributed by atoms with Crippen LogP contribution < -0.4 is 10.6 Å². The van der Waals surface area contributed by atoms with Gasteiger partial charge in [-0.25, -0.2) is 8.78 Å². The fraction of sp³-hybridized carbons (Fsp3) is 0.562. The van der Waals surface area contributed by atoms with E-state index in [-0.39, 0.29) is 23.6 Å². The maximum atomic E-state index is 13.9. The molecule has 2 N–H and O–H groups in total. The molecule has 0 radical (unpaired) electrons. The molecule has 1 aromatic carbocycles. The largest absolute Gasteiger partial charge is 0.466 e. The van der Waals surface area contributed by atoms with Gasteiger partial charge in [0.05, 0.1) is 12.3 Å². The molecule has 1 fully saturated rings. The van der Waals surface area contributed by atoms with Crippen molar-refractivity contribution in [3.05, 3.63) is 29.8 Å². The lowest BCUT2D eigenvalue weighted by molar-refractivity contribution is -0.143. The highest BCUT2D eigenvalue weighted by Gasteiger charge is 2.27. The Labute approximate surface area is 129 Å². The summed E-state index contributed by atoms with van der Waals surface area (Å²) in [6.45, 7) is 3.18. The molecule has 22 heavy (non-hydrogen) atoms. The number of rotatable bonds is 5. The van der Waals surface area contributed by atoms with Crippen LogP contribution in [0.5, 0.6) is 0 Å². The Morgan fingerprint density at radius 2 is 2.18 bits per heavy atom. The summed E-state index contributed by atoms with van der Waals surface area (Å²) in [4.78, 5) is 13.2. The van der Waals surface area contributed by atoms with Gasteiger partial charge in [0, 0.05) is 25.6 Å². The van der Waals surface area contributed by atoms with Gasteiger partial charge in [-0.2, -0.15) is 0 Å². The van der Waals surface area contributed by atoms with Gasteiger partial charge >= 0.3 is 5.97 Å². The number of halogens is 2. The zero-order valence-electron chi connectivity index (χ0n) is 12.7. The van der Waals surface area contributed by atoms with E-state index >= 15 is 0 Å². The van der Waals surface area contributed by atoms with Gasteiger partial charge < -0.3 is 15.4 Å². The van der Waals surface area contributed by atoms with Crippen molar-refractivity contribution < 1.29 is 18.3 Å². The number of hydrogen-bond acceptors (Lipinski definition) is 4. The Balaban J connectivity index is 2.01. The van der Waals surface area contributed by atoms with E-state index in [1.165, 1.54) is 6.07 Å². The number of piperidine rings is 1. The molecule has 2 unspecified atom stereocenters. The average Bonchev–Trinajstić information content (AvgIpc) is 2.48. The number of hydrogen-bond donors (Lipinski definition) is 1. The Morgan fingerprint density at radius 1 is 1.41 bits per heavy atom. The second kappa shape index (κ2) is 7.54. The Bertz CT molecular complexity index is 525. The van der Waals surface area contributed by atoms with Crippen molar-refractivity contribution in [2.75, 3.05) is 24.6 Å². The number of nitrogens with two attached hydrogens (primary N) is 1. The van der Waals surface area contributed by atoms with E-state index in [0.717, 1.165) is 12.5 Å². The first kappa shape index (κ1) is 16.7. The van der Waals surface area contributed by atoms with Gasteiger partial charge in [-0.05, 0) is 37.8 Å².